The van der Waals surface area contributed by atoms with Gasteiger partial charge in [-0.25, -0.2) is 4.98 Å². The van der Waals surface area contributed by atoms with E-state index >= 15 is 0 Å². The molecular weight excluding hydrogens is 382 g/mol. The molecule has 1 heterocycles. The molecule has 158 valence electrons. The summed E-state index contributed by atoms with van der Waals surface area (Å²) in [6.07, 6.45) is 7.20. The number of anilines is 1. The van der Waals surface area contributed by atoms with Crippen LogP contribution in [0.3, 0.4) is 0 Å². The maximum absolute atomic E-state index is 13.1. The van der Waals surface area contributed by atoms with E-state index in [0.29, 0.717) is 23.2 Å². The van der Waals surface area contributed by atoms with Gasteiger partial charge in [0.15, 0.2) is 5.13 Å². The molecule has 0 fully saturated rings. The van der Waals surface area contributed by atoms with Crippen LogP contribution in [-0.4, -0.2) is 34.8 Å². The molecule has 0 bridgehead atoms. The van der Waals surface area contributed by atoms with Crippen molar-refractivity contribution in [1.29, 1.82) is 0 Å². The van der Waals surface area contributed by atoms with E-state index in [1.165, 1.54) is 36.2 Å². The van der Waals surface area contributed by atoms with Crippen molar-refractivity contribution >= 4 is 28.3 Å². The quantitative estimate of drug-likeness (QED) is 0.506. The van der Waals surface area contributed by atoms with Gasteiger partial charge < -0.3 is 10.2 Å². The lowest BCUT2D eigenvalue weighted by Gasteiger charge is -2.23. The molecule has 0 aliphatic heterocycles. The molecule has 1 aromatic heterocycles. The minimum absolute atomic E-state index is 0.0302. The fraction of sp³-hybridized carbons (Fsp3) is 0.522. The van der Waals surface area contributed by atoms with Crippen LogP contribution in [0.2, 0.25) is 0 Å². The normalized spacial score (nSPS) is 10.9. The van der Waals surface area contributed by atoms with E-state index in [0.717, 1.165) is 17.7 Å². The maximum atomic E-state index is 13.1. The number of unbranched alkanes of at least 4 members (excludes halogenated alkanes) is 2. The van der Waals surface area contributed by atoms with E-state index in [9.17, 15) is 9.59 Å². The van der Waals surface area contributed by atoms with E-state index < -0.39 is 0 Å². The topological polar surface area (TPSA) is 62.3 Å². The number of aryl methyl sites for hydroxylation is 2. The number of thiazole rings is 1. The molecule has 2 aromatic rings. The Bertz CT molecular complexity index is 784. The third kappa shape index (κ3) is 7.97. The molecule has 0 saturated carbocycles. The summed E-state index contributed by atoms with van der Waals surface area (Å²) >= 11 is 1.43. The molecule has 5 nitrogen and oxygen atoms in total. The Hall–Kier alpha value is -2.21. The van der Waals surface area contributed by atoms with Crippen molar-refractivity contribution in [3.05, 3.63) is 46.5 Å². The Morgan fingerprint density at radius 1 is 1.17 bits per heavy atom. The van der Waals surface area contributed by atoms with Gasteiger partial charge in [-0.3, -0.25) is 9.59 Å². The first-order valence-electron chi connectivity index (χ1n) is 10.5. The zero-order valence-corrected chi connectivity index (χ0v) is 18.8. The SMILES string of the molecule is CCCCCc1ccc(C(=O)N(CCC(C)C)CC(=O)Nc2ncc(C)s2)cc1. The molecule has 6 heteroatoms. The Balaban J connectivity index is 2.03. The van der Waals surface area contributed by atoms with E-state index in [1.807, 2.05) is 31.2 Å². The van der Waals surface area contributed by atoms with E-state index in [-0.39, 0.29) is 18.4 Å². The molecule has 0 radical (unpaired) electrons. The summed E-state index contributed by atoms with van der Waals surface area (Å²) < 4.78 is 0. The van der Waals surface area contributed by atoms with Crippen LogP contribution in [0.1, 0.15) is 67.3 Å². The predicted molar refractivity (Wildman–Crippen MR) is 121 cm³/mol. The number of nitrogens with one attached hydrogen (secondary N) is 1. The minimum Gasteiger partial charge on any atom is -0.329 e. The van der Waals surface area contributed by atoms with Gasteiger partial charge in [-0.1, -0.05) is 45.7 Å². The number of hydrogen-bond donors (Lipinski definition) is 1. The highest BCUT2D eigenvalue weighted by atomic mass is 32.1. The summed E-state index contributed by atoms with van der Waals surface area (Å²) in [6, 6.07) is 7.83. The smallest absolute Gasteiger partial charge is 0.254 e. The van der Waals surface area contributed by atoms with Crippen LogP contribution in [0.5, 0.6) is 0 Å². The lowest BCUT2D eigenvalue weighted by molar-refractivity contribution is -0.116. The summed E-state index contributed by atoms with van der Waals surface area (Å²) in [4.78, 5) is 32.4. The number of aromatic nitrogens is 1. The molecule has 0 saturated heterocycles. The second kappa shape index (κ2) is 11.7. The molecule has 0 unspecified atom stereocenters. The summed E-state index contributed by atoms with van der Waals surface area (Å²) in [5, 5.41) is 3.37. The second-order valence-electron chi connectivity index (χ2n) is 7.89. The van der Waals surface area contributed by atoms with Gasteiger partial charge in [0.05, 0.1) is 0 Å². The highest BCUT2D eigenvalue weighted by Crippen LogP contribution is 2.17. The van der Waals surface area contributed by atoms with Gasteiger partial charge >= 0.3 is 0 Å². The molecule has 0 aliphatic rings. The zero-order valence-electron chi connectivity index (χ0n) is 18.0. The molecule has 1 aromatic carbocycles. The highest BCUT2D eigenvalue weighted by Gasteiger charge is 2.20. The number of hydrogen-bond acceptors (Lipinski definition) is 4. The summed E-state index contributed by atoms with van der Waals surface area (Å²) in [6.45, 7) is 8.96. The van der Waals surface area contributed by atoms with Crippen LogP contribution >= 0.6 is 11.3 Å². The first-order chi connectivity index (χ1) is 13.9. The molecule has 29 heavy (non-hydrogen) atoms. The van der Waals surface area contributed by atoms with Gasteiger partial charge in [0.2, 0.25) is 5.91 Å². The zero-order chi connectivity index (χ0) is 21.2. The molecule has 0 aliphatic carbocycles. The standard InChI is InChI=1S/C23H33N3O2S/c1-5-6-7-8-19-9-11-20(12-10-19)22(28)26(14-13-17(2)3)16-21(27)25-23-24-15-18(4)29-23/h9-12,15,17H,5-8,13-14,16H2,1-4H3,(H,24,25,27). The van der Waals surface area contributed by atoms with E-state index in [2.05, 4.69) is 31.1 Å². The number of rotatable bonds is 11. The van der Waals surface area contributed by atoms with Crippen molar-refractivity contribution in [2.24, 2.45) is 5.92 Å². The predicted octanol–water partition coefficient (Wildman–Crippen LogP) is 5.31. The summed E-state index contributed by atoms with van der Waals surface area (Å²) in [7, 11) is 0. The van der Waals surface area contributed by atoms with Gasteiger partial charge in [0.1, 0.15) is 6.54 Å². The fourth-order valence-corrected chi connectivity index (χ4v) is 3.67. The van der Waals surface area contributed by atoms with E-state index in [1.54, 1.807) is 11.1 Å². The molecule has 0 spiro atoms. The van der Waals surface area contributed by atoms with Crippen LogP contribution < -0.4 is 5.32 Å². The largest absolute Gasteiger partial charge is 0.329 e. The highest BCUT2D eigenvalue weighted by molar-refractivity contribution is 7.15. The lowest BCUT2D eigenvalue weighted by atomic mass is 10.0. The van der Waals surface area contributed by atoms with Crippen LogP contribution in [0, 0.1) is 12.8 Å². The number of carbonyl (C=O) groups excluding carboxylic acids is 2. The van der Waals surface area contributed by atoms with Crippen molar-refractivity contribution in [1.82, 2.24) is 9.88 Å². The minimum atomic E-state index is -0.215. The van der Waals surface area contributed by atoms with Crippen molar-refractivity contribution in [3.8, 4) is 0 Å². The number of nitrogens with zero attached hydrogens (tertiary/aromatic N) is 2. The monoisotopic (exact) mass is 415 g/mol. The average molecular weight is 416 g/mol. The Morgan fingerprint density at radius 3 is 2.48 bits per heavy atom. The second-order valence-corrected chi connectivity index (χ2v) is 9.12. The molecule has 2 amide bonds. The fourth-order valence-electron chi connectivity index (χ4n) is 2.99. The summed E-state index contributed by atoms with van der Waals surface area (Å²) in [5.41, 5.74) is 1.88. The average Bonchev–Trinajstić information content (AvgIpc) is 3.09. The van der Waals surface area contributed by atoms with Crippen molar-refractivity contribution < 1.29 is 9.59 Å². The Morgan fingerprint density at radius 2 is 1.90 bits per heavy atom. The van der Waals surface area contributed by atoms with Crippen molar-refractivity contribution in [3.63, 3.8) is 0 Å². The first-order valence-corrected chi connectivity index (χ1v) is 11.3. The number of benzene rings is 1. The van der Waals surface area contributed by atoms with E-state index in [4.69, 9.17) is 0 Å². The van der Waals surface area contributed by atoms with Crippen LogP contribution in [0.15, 0.2) is 30.5 Å². The lowest BCUT2D eigenvalue weighted by Crippen LogP contribution is -2.39. The molecule has 1 N–H and O–H groups in total. The van der Waals surface area contributed by atoms with Crippen LogP contribution in [-0.2, 0) is 11.2 Å². The number of carbonyl (C=O) groups is 2. The molecule has 2 rings (SSSR count). The molecular formula is C23H33N3O2S. The number of amides is 2. The Kier molecular flexibility index (Phi) is 9.32. The molecule has 0 atom stereocenters. The van der Waals surface area contributed by atoms with Crippen LogP contribution in [0.4, 0.5) is 5.13 Å². The van der Waals surface area contributed by atoms with Crippen molar-refractivity contribution in [2.75, 3.05) is 18.4 Å². The van der Waals surface area contributed by atoms with Gasteiger partial charge in [-0.2, -0.15) is 0 Å². The van der Waals surface area contributed by atoms with Gasteiger partial charge in [0.25, 0.3) is 5.91 Å². The Labute approximate surface area is 178 Å². The van der Waals surface area contributed by atoms with Gasteiger partial charge in [-0.15, -0.1) is 11.3 Å². The van der Waals surface area contributed by atoms with Gasteiger partial charge in [-0.05, 0) is 49.8 Å². The maximum Gasteiger partial charge on any atom is 0.254 e. The third-order valence-electron chi connectivity index (χ3n) is 4.74. The van der Waals surface area contributed by atoms with Crippen molar-refractivity contribution in [2.45, 2.75) is 59.8 Å². The third-order valence-corrected chi connectivity index (χ3v) is 5.56. The summed E-state index contributed by atoms with van der Waals surface area (Å²) in [5.74, 6) is 0.139. The first kappa shape index (κ1) is 23.1. The van der Waals surface area contributed by atoms with Gasteiger partial charge in [0, 0.05) is 23.2 Å². The van der Waals surface area contributed by atoms with Crippen LogP contribution in [0.25, 0.3) is 0 Å².